The number of amides is 3. The Balaban J connectivity index is 1.52. The maximum atomic E-state index is 13.1. The molecule has 3 rings (SSSR count). The van der Waals surface area contributed by atoms with Crippen molar-refractivity contribution < 1.29 is 14.4 Å². The number of anilines is 2. The van der Waals surface area contributed by atoms with Gasteiger partial charge in [0.1, 0.15) is 0 Å². The largest absolute Gasteiger partial charge is 0.338 e. The minimum Gasteiger partial charge on any atom is -0.338 e. The molecule has 1 aliphatic heterocycles. The normalized spacial score (nSPS) is 18.2. The van der Waals surface area contributed by atoms with Gasteiger partial charge in [-0.15, -0.1) is 11.8 Å². The summed E-state index contributed by atoms with van der Waals surface area (Å²) in [4.78, 5) is 39.6. The summed E-state index contributed by atoms with van der Waals surface area (Å²) in [5.74, 6) is 0.784. The van der Waals surface area contributed by atoms with E-state index in [1.807, 2.05) is 42.2 Å². The van der Waals surface area contributed by atoms with Gasteiger partial charge in [0.05, 0.1) is 22.8 Å². The Kier molecular flexibility index (Phi) is 8.33. The number of aryl methyl sites for hydroxylation is 1. The van der Waals surface area contributed by atoms with E-state index in [1.54, 1.807) is 18.2 Å². The topological polar surface area (TPSA) is 78.5 Å². The highest BCUT2D eigenvalue weighted by Crippen LogP contribution is 2.25. The number of nitrogens with one attached hydrogen (secondary N) is 2. The average Bonchev–Trinajstić information content (AvgIpc) is 2.73. The van der Waals surface area contributed by atoms with E-state index in [0.29, 0.717) is 23.1 Å². The standard InChI is InChI=1S/C25H31N3O3S/c1-17-7-6-8-20(12-17)26-23(29)15-32-16-24(30)27-22-10-5-4-9-21(22)25(31)28-13-18(2)11-19(3)14-28/h4-10,12,18-19H,11,13-16H2,1-3H3,(H,26,29)(H,27,30). The lowest BCUT2D eigenvalue weighted by molar-refractivity contribution is -0.114. The average molecular weight is 454 g/mol. The molecule has 2 unspecified atom stereocenters. The van der Waals surface area contributed by atoms with Crippen LogP contribution in [0.3, 0.4) is 0 Å². The lowest BCUT2D eigenvalue weighted by atomic mass is 9.91. The van der Waals surface area contributed by atoms with Crippen LogP contribution in [0.1, 0.15) is 36.2 Å². The highest BCUT2D eigenvalue weighted by atomic mass is 32.2. The van der Waals surface area contributed by atoms with E-state index in [2.05, 4.69) is 24.5 Å². The number of nitrogens with zero attached hydrogens (tertiary/aromatic N) is 1. The van der Waals surface area contributed by atoms with Gasteiger partial charge in [-0.2, -0.15) is 0 Å². The third-order valence-electron chi connectivity index (χ3n) is 5.36. The number of likely N-dealkylation sites (tertiary alicyclic amines) is 1. The molecule has 2 aromatic rings. The van der Waals surface area contributed by atoms with Crippen LogP contribution in [0.2, 0.25) is 0 Å². The number of rotatable bonds is 7. The Morgan fingerprint density at radius 1 is 0.938 bits per heavy atom. The fourth-order valence-corrected chi connectivity index (χ4v) is 4.74. The summed E-state index contributed by atoms with van der Waals surface area (Å²) in [5, 5.41) is 5.68. The van der Waals surface area contributed by atoms with Gasteiger partial charge in [0, 0.05) is 18.8 Å². The van der Waals surface area contributed by atoms with Crippen LogP contribution in [-0.2, 0) is 9.59 Å². The van der Waals surface area contributed by atoms with E-state index < -0.39 is 0 Å². The maximum absolute atomic E-state index is 13.1. The summed E-state index contributed by atoms with van der Waals surface area (Å²) in [6, 6.07) is 14.7. The minimum atomic E-state index is -0.237. The zero-order valence-electron chi connectivity index (χ0n) is 18.9. The monoisotopic (exact) mass is 453 g/mol. The van der Waals surface area contributed by atoms with Crippen LogP contribution >= 0.6 is 11.8 Å². The molecule has 1 saturated heterocycles. The fraction of sp³-hybridized carbons (Fsp3) is 0.400. The van der Waals surface area contributed by atoms with E-state index in [4.69, 9.17) is 0 Å². The Labute approximate surface area is 194 Å². The van der Waals surface area contributed by atoms with Gasteiger partial charge >= 0.3 is 0 Å². The molecule has 7 heteroatoms. The Hall–Kier alpha value is -2.80. The predicted molar refractivity (Wildman–Crippen MR) is 131 cm³/mol. The maximum Gasteiger partial charge on any atom is 0.255 e. The van der Waals surface area contributed by atoms with Crippen molar-refractivity contribution in [1.82, 2.24) is 4.90 Å². The summed E-state index contributed by atoms with van der Waals surface area (Å²) >= 11 is 1.24. The van der Waals surface area contributed by atoms with Crippen molar-refractivity contribution in [1.29, 1.82) is 0 Å². The van der Waals surface area contributed by atoms with Crippen molar-refractivity contribution in [3.8, 4) is 0 Å². The molecule has 2 aromatic carbocycles. The van der Waals surface area contributed by atoms with Gasteiger partial charge in [-0.3, -0.25) is 14.4 Å². The first-order chi connectivity index (χ1) is 15.3. The van der Waals surface area contributed by atoms with Crippen molar-refractivity contribution in [3.63, 3.8) is 0 Å². The van der Waals surface area contributed by atoms with Gasteiger partial charge in [-0.1, -0.05) is 38.1 Å². The molecule has 0 aliphatic carbocycles. The second kappa shape index (κ2) is 11.2. The second-order valence-electron chi connectivity index (χ2n) is 8.66. The molecule has 32 heavy (non-hydrogen) atoms. The Morgan fingerprint density at radius 3 is 2.28 bits per heavy atom. The first-order valence-corrected chi connectivity index (χ1v) is 12.1. The third kappa shape index (κ3) is 6.85. The number of thioether (sulfide) groups is 1. The van der Waals surface area contributed by atoms with Crippen LogP contribution in [0.4, 0.5) is 11.4 Å². The molecule has 2 N–H and O–H groups in total. The molecule has 0 radical (unpaired) electrons. The van der Waals surface area contributed by atoms with E-state index in [9.17, 15) is 14.4 Å². The van der Waals surface area contributed by atoms with Gasteiger partial charge < -0.3 is 15.5 Å². The van der Waals surface area contributed by atoms with E-state index in [0.717, 1.165) is 30.8 Å². The Morgan fingerprint density at radius 2 is 1.59 bits per heavy atom. The van der Waals surface area contributed by atoms with Crippen LogP contribution < -0.4 is 10.6 Å². The minimum absolute atomic E-state index is 0.0514. The summed E-state index contributed by atoms with van der Waals surface area (Å²) in [6.45, 7) is 7.75. The number of carbonyl (C=O) groups is 3. The molecular weight excluding hydrogens is 422 g/mol. The number of hydrogen-bond acceptors (Lipinski definition) is 4. The second-order valence-corrected chi connectivity index (χ2v) is 9.65. The van der Waals surface area contributed by atoms with Gasteiger partial charge in [0.25, 0.3) is 5.91 Å². The van der Waals surface area contributed by atoms with Crippen molar-refractivity contribution in [2.24, 2.45) is 11.8 Å². The van der Waals surface area contributed by atoms with Gasteiger partial charge in [0.15, 0.2) is 0 Å². The quantitative estimate of drug-likeness (QED) is 0.650. The van der Waals surface area contributed by atoms with E-state index in [1.165, 1.54) is 11.8 Å². The van der Waals surface area contributed by atoms with Gasteiger partial charge in [-0.05, 0) is 55.0 Å². The molecule has 1 aliphatic rings. The van der Waals surface area contributed by atoms with Crippen molar-refractivity contribution >= 4 is 40.9 Å². The molecule has 0 saturated carbocycles. The number of piperidine rings is 1. The van der Waals surface area contributed by atoms with E-state index >= 15 is 0 Å². The zero-order chi connectivity index (χ0) is 23.1. The summed E-state index contributed by atoms with van der Waals surface area (Å²) < 4.78 is 0. The number of benzene rings is 2. The highest BCUT2D eigenvalue weighted by Gasteiger charge is 2.27. The third-order valence-corrected chi connectivity index (χ3v) is 6.29. The summed E-state index contributed by atoms with van der Waals surface area (Å²) in [6.07, 6.45) is 1.12. The molecule has 170 valence electrons. The highest BCUT2D eigenvalue weighted by molar-refractivity contribution is 8.00. The van der Waals surface area contributed by atoms with Crippen LogP contribution in [0.15, 0.2) is 48.5 Å². The molecule has 0 spiro atoms. The zero-order valence-corrected chi connectivity index (χ0v) is 19.7. The molecule has 6 nitrogen and oxygen atoms in total. The fourth-order valence-electron chi connectivity index (χ4n) is 4.12. The predicted octanol–water partition coefficient (Wildman–Crippen LogP) is 4.42. The van der Waals surface area contributed by atoms with Crippen LogP contribution in [0.25, 0.3) is 0 Å². The number of hydrogen-bond donors (Lipinski definition) is 2. The molecule has 2 atom stereocenters. The number of para-hydroxylation sites is 1. The van der Waals surface area contributed by atoms with Gasteiger partial charge in [0.2, 0.25) is 11.8 Å². The smallest absolute Gasteiger partial charge is 0.255 e. The number of carbonyl (C=O) groups excluding carboxylic acids is 3. The summed E-state index contributed by atoms with van der Waals surface area (Å²) in [5.41, 5.74) is 2.83. The van der Waals surface area contributed by atoms with Gasteiger partial charge in [-0.25, -0.2) is 0 Å². The molecule has 1 fully saturated rings. The van der Waals surface area contributed by atoms with Crippen LogP contribution in [0, 0.1) is 18.8 Å². The lowest BCUT2D eigenvalue weighted by Gasteiger charge is -2.35. The van der Waals surface area contributed by atoms with Crippen molar-refractivity contribution in [3.05, 3.63) is 59.7 Å². The van der Waals surface area contributed by atoms with Crippen LogP contribution in [-0.4, -0.2) is 47.2 Å². The first kappa shape index (κ1) is 23.9. The molecule has 0 aromatic heterocycles. The molecule has 0 bridgehead atoms. The summed E-state index contributed by atoms with van der Waals surface area (Å²) in [7, 11) is 0. The molecule has 1 heterocycles. The molecule has 3 amide bonds. The van der Waals surface area contributed by atoms with Crippen LogP contribution in [0.5, 0.6) is 0 Å². The SMILES string of the molecule is Cc1cccc(NC(=O)CSCC(=O)Nc2ccccc2C(=O)N2CC(C)CC(C)C2)c1. The lowest BCUT2D eigenvalue weighted by Crippen LogP contribution is -2.42. The van der Waals surface area contributed by atoms with E-state index in [-0.39, 0.29) is 29.2 Å². The molecular formula is C25H31N3O3S. The van der Waals surface area contributed by atoms with Crippen molar-refractivity contribution in [2.75, 3.05) is 35.2 Å². The Bertz CT molecular complexity index is 968. The van der Waals surface area contributed by atoms with Crippen molar-refractivity contribution in [2.45, 2.75) is 27.2 Å². The first-order valence-electron chi connectivity index (χ1n) is 10.9.